The van der Waals surface area contributed by atoms with Crippen LogP contribution >= 0.6 is 0 Å². The van der Waals surface area contributed by atoms with Crippen LogP contribution in [-0.4, -0.2) is 25.4 Å². The van der Waals surface area contributed by atoms with Gasteiger partial charge < -0.3 is 14.6 Å². The van der Waals surface area contributed by atoms with Crippen LogP contribution < -0.4 is 10.8 Å². The lowest BCUT2D eigenvalue weighted by molar-refractivity contribution is 0.00578. The zero-order valence-corrected chi connectivity index (χ0v) is 12.8. The maximum Gasteiger partial charge on any atom is 0.495 e. The summed E-state index contributed by atoms with van der Waals surface area (Å²) in [4.78, 5) is 0. The van der Waals surface area contributed by atoms with Crippen molar-refractivity contribution in [2.75, 3.05) is 12.4 Å². The summed E-state index contributed by atoms with van der Waals surface area (Å²) in [5, 5.41) is 3.24. The minimum absolute atomic E-state index is 0.284. The van der Waals surface area contributed by atoms with E-state index in [1.54, 1.807) is 0 Å². The fourth-order valence-electron chi connectivity index (χ4n) is 2.42. The van der Waals surface area contributed by atoms with Crippen molar-refractivity contribution in [3.63, 3.8) is 0 Å². The molecule has 0 amide bonds. The SMILES string of the molecule is CCc1c(NC)cccc1B1OC(C)(C)C(C)(C)O1. The minimum atomic E-state index is -0.293. The molecule has 1 aromatic rings. The summed E-state index contributed by atoms with van der Waals surface area (Å²) in [6, 6.07) is 6.24. The first-order valence-corrected chi connectivity index (χ1v) is 6.97. The Labute approximate surface area is 116 Å². The van der Waals surface area contributed by atoms with Crippen LogP contribution in [0.3, 0.4) is 0 Å². The van der Waals surface area contributed by atoms with Gasteiger partial charge in [0.1, 0.15) is 0 Å². The van der Waals surface area contributed by atoms with Crippen LogP contribution in [0.15, 0.2) is 18.2 Å². The topological polar surface area (TPSA) is 30.5 Å². The molecule has 0 radical (unpaired) electrons. The van der Waals surface area contributed by atoms with Crippen LogP contribution in [0.1, 0.15) is 40.2 Å². The molecule has 0 spiro atoms. The second-order valence-electron chi connectivity index (χ2n) is 6.07. The van der Waals surface area contributed by atoms with Crippen LogP contribution in [0.5, 0.6) is 0 Å². The molecule has 0 aliphatic carbocycles. The Kier molecular flexibility index (Phi) is 3.67. The van der Waals surface area contributed by atoms with E-state index in [0.29, 0.717) is 0 Å². The summed E-state index contributed by atoms with van der Waals surface area (Å²) in [6.45, 7) is 10.5. The highest BCUT2D eigenvalue weighted by atomic mass is 16.7. The molecule has 1 N–H and O–H groups in total. The number of rotatable bonds is 3. The summed E-state index contributed by atoms with van der Waals surface area (Å²) >= 11 is 0. The third kappa shape index (κ3) is 2.39. The van der Waals surface area contributed by atoms with E-state index in [-0.39, 0.29) is 18.3 Å². The Balaban J connectivity index is 2.39. The van der Waals surface area contributed by atoms with E-state index < -0.39 is 0 Å². The number of benzene rings is 1. The zero-order valence-electron chi connectivity index (χ0n) is 12.8. The smallest absolute Gasteiger partial charge is 0.399 e. The lowest BCUT2D eigenvalue weighted by atomic mass is 9.75. The molecule has 3 nitrogen and oxygen atoms in total. The predicted octanol–water partition coefficient (Wildman–Crippen LogP) is 2.59. The summed E-state index contributed by atoms with van der Waals surface area (Å²) in [7, 11) is 1.66. The normalized spacial score (nSPS) is 20.6. The van der Waals surface area contributed by atoms with Gasteiger partial charge in [0.2, 0.25) is 0 Å². The molecular formula is C15H24BNO2. The summed E-state index contributed by atoms with van der Waals surface area (Å²) in [5.41, 5.74) is 2.96. The van der Waals surface area contributed by atoms with Gasteiger partial charge in [-0.25, -0.2) is 0 Å². The summed E-state index contributed by atoms with van der Waals surface area (Å²) < 4.78 is 12.3. The van der Waals surface area contributed by atoms with Gasteiger partial charge in [0.05, 0.1) is 11.2 Å². The van der Waals surface area contributed by atoms with Crippen molar-refractivity contribution in [3.8, 4) is 0 Å². The largest absolute Gasteiger partial charge is 0.495 e. The van der Waals surface area contributed by atoms with Crippen molar-refractivity contribution >= 4 is 18.3 Å². The molecule has 0 atom stereocenters. The maximum atomic E-state index is 6.14. The first-order chi connectivity index (χ1) is 8.82. The maximum absolute atomic E-state index is 6.14. The van der Waals surface area contributed by atoms with E-state index >= 15 is 0 Å². The zero-order chi connectivity index (χ0) is 14.3. The Morgan fingerprint density at radius 1 is 1.11 bits per heavy atom. The molecule has 1 aromatic carbocycles. The fourth-order valence-corrected chi connectivity index (χ4v) is 2.42. The molecule has 0 unspecified atom stereocenters. The monoisotopic (exact) mass is 261 g/mol. The van der Waals surface area contributed by atoms with Gasteiger partial charge in [-0.15, -0.1) is 0 Å². The molecule has 0 aromatic heterocycles. The Hall–Kier alpha value is -0.995. The number of nitrogens with one attached hydrogen (secondary N) is 1. The minimum Gasteiger partial charge on any atom is -0.399 e. The van der Waals surface area contributed by atoms with Crippen LogP contribution in [0, 0.1) is 0 Å². The molecular weight excluding hydrogens is 237 g/mol. The quantitative estimate of drug-likeness (QED) is 0.848. The fraction of sp³-hybridized carbons (Fsp3) is 0.600. The van der Waals surface area contributed by atoms with E-state index in [0.717, 1.165) is 17.6 Å². The number of anilines is 1. The first kappa shape index (κ1) is 14.4. The molecule has 19 heavy (non-hydrogen) atoms. The molecule has 104 valence electrons. The van der Waals surface area contributed by atoms with Gasteiger partial charge in [-0.2, -0.15) is 0 Å². The standard InChI is InChI=1S/C15H24BNO2/c1-7-11-12(9-8-10-13(11)17-6)16-18-14(2,3)15(4,5)19-16/h8-10,17H,7H2,1-6H3. The molecule has 0 saturated carbocycles. The molecule has 1 saturated heterocycles. The average molecular weight is 261 g/mol. The van der Waals surface area contributed by atoms with Gasteiger partial charge in [-0.3, -0.25) is 0 Å². The van der Waals surface area contributed by atoms with Gasteiger partial charge in [0.25, 0.3) is 0 Å². The average Bonchev–Trinajstić information content (AvgIpc) is 2.57. The summed E-state index contributed by atoms with van der Waals surface area (Å²) in [5.74, 6) is 0. The molecule has 1 aliphatic rings. The van der Waals surface area contributed by atoms with E-state index in [9.17, 15) is 0 Å². The molecule has 1 heterocycles. The van der Waals surface area contributed by atoms with Gasteiger partial charge in [0, 0.05) is 12.7 Å². The Morgan fingerprint density at radius 2 is 1.68 bits per heavy atom. The van der Waals surface area contributed by atoms with Gasteiger partial charge in [-0.1, -0.05) is 19.1 Å². The number of hydrogen-bond donors (Lipinski definition) is 1. The lowest BCUT2D eigenvalue weighted by Crippen LogP contribution is -2.41. The van der Waals surface area contributed by atoms with Crippen LogP contribution in [0.2, 0.25) is 0 Å². The Morgan fingerprint density at radius 3 is 2.16 bits per heavy atom. The highest BCUT2D eigenvalue weighted by Crippen LogP contribution is 2.37. The van der Waals surface area contributed by atoms with E-state index in [2.05, 4.69) is 52.1 Å². The highest BCUT2D eigenvalue weighted by Gasteiger charge is 2.52. The molecule has 4 heteroatoms. The van der Waals surface area contributed by atoms with Crippen LogP contribution in [-0.2, 0) is 15.7 Å². The highest BCUT2D eigenvalue weighted by molar-refractivity contribution is 6.62. The van der Waals surface area contributed by atoms with E-state index in [4.69, 9.17) is 9.31 Å². The molecule has 1 fully saturated rings. The van der Waals surface area contributed by atoms with Gasteiger partial charge in [-0.05, 0) is 51.2 Å². The second kappa shape index (κ2) is 4.84. The van der Waals surface area contributed by atoms with Crippen molar-refractivity contribution in [2.24, 2.45) is 0 Å². The second-order valence-corrected chi connectivity index (χ2v) is 6.07. The molecule has 2 rings (SSSR count). The first-order valence-electron chi connectivity index (χ1n) is 6.97. The molecule has 0 bridgehead atoms. The van der Waals surface area contributed by atoms with Gasteiger partial charge in [0.15, 0.2) is 0 Å². The van der Waals surface area contributed by atoms with Crippen LogP contribution in [0.4, 0.5) is 5.69 Å². The van der Waals surface area contributed by atoms with E-state index in [1.165, 1.54) is 5.56 Å². The van der Waals surface area contributed by atoms with Crippen molar-refractivity contribution in [2.45, 2.75) is 52.2 Å². The molecule has 1 aliphatic heterocycles. The number of hydrogen-bond acceptors (Lipinski definition) is 3. The summed E-state index contributed by atoms with van der Waals surface area (Å²) in [6.07, 6.45) is 0.955. The van der Waals surface area contributed by atoms with E-state index in [1.807, 2.05) is 13.1 Å². The predicted molar refractivity (Wildman–Crippen MR) is 81.1 cm³/mol. The van der Waals surface area contributed by atoms with Crippen LogP contribution in [0.25, 0.3) is 0 Å². The third-order valence-corrected chi connectivity index (χ3v) is 4.34. The third-order valence-electron chi connectivity index (χ3n) is 4.34. The van der Waals surface area contributed by atoms with Crippen molar-refractivity contribution in [3.05, 3.63) is 23.8 Å². The van der Waals surface area contributed by atoms with Gasteiger partial charge >= 0.3 is 7.12 Å². The van der Waals surface area contributed by atoms with Crippen molar-refractivity contribution < 1.29 is 9.31 Å². The Bertz CT molecular complexity index is 455. The van der Waals surface area contributed by atoms with Crippen molar-refractivity contribution in [1.82, 2.24) is 0 Å². The van der Waals surface area contributed by atoms with Crippen molar-refractivity contribution in [1.29, 1.82) is 0 Å². The lowest BCUT2D eigenvalue weighted by Gasteiger charge is -2.32.